The zero-order chi connectivity index (χ0) is 15.1. The monoisotopic (exact) mass is 343 g/mol. The van der Waals surface area contributed by atoms with Gasteiger partial charge in [0.25, 0.3) is 11.7 Å². The van der Waals surface area contributed by atoms with Gasteiger partial charge < -0.3 is 0 Å². The third kappa shape index (κ3) is 2.29. The van der Waals surface area contributed by atoms with E-state index in [9.17, 15) is 9.59 Å². The highest BCUT2D eigenvalue weighted by Gasteiger charge is 2.37. The van der Waals surface area contributed by atoms with E-state index in [4.69, 9.17) is 0 Å². The van der Waals surface area contributed by atoms with Gasteiger partial charge in [-0.2, -0.15) is 0 Å². The molecule has 3 nitrogen and oxygen atoms in total. The number of fused-ring (bicyclic) bond motifs is 1. The van der Waals surface area contributed by atoms with Crippen molar-refractivity contribution in [2.45, 2.75) is 20.4 Å². The molecule has 106 valence electrons. The van der Waals surface area contributed by atoms with Crippen LogP contribution in [0.15, 0.2) is 40.9 Å². The lowest BCUT2D eigenvalue weighted by molar-refractivity contribution is -0.114. The van der Waals surface area contributed by atoms with Crippen molar-refractivity contribution in [3.63, 3.8) is 0 Å². The molecule has 3 rings (SSSR count). The second-order valence-corrected chi connectivity index (χ2v) is 6.14. The van der Waals surface area contributed by atoms with Crippen molar-refractivity contribution in [1.29, 1.82) is 0 Å². The minimum Gasteiger partial charge on any atom is -0.299 e. The van der Waals surface area contributed by atoms with E-state index in [1.165, 1.54) is 0 Å². The minimum atomic E-state index is -0.460. The molecule has 0 fully saturated rings. The van der Waals surface area contributed by atoms with Crippen LogP contribution in [0.2, 0.25) is 0 Å². The lowest BCUT2D eigenvalue weighted by Crippen LogP contribution is -2.29. The van der Waals surface area contributed by atoms with Gasteiger partial charge in [-0.15, -0.1) is 0 Å². The van der Waals surface area contributed by atoms with Crippen molar-refractivity contribution >= 4 is 33.3 Å². The lowest BCUT2D eigenvalue weighted by atomic mass is 10.1. The Morgan fingerprint density at radius 2 is 1.86 bits per heavy atom. The van der Waals surface area contributed by atoms with E-state index < -0.39 is 11.7 Å². The number of aryl methyl sites for hydroxylation is 2. The van der Waals surface area contributed by atoms with Gasteiger partial charge in [-0.25, -0.2) is 0 Å². The maximum Gasteiger partial charge on any atom is 0.299 e. The first-order chi connectivity index (χ1) is 9.99. The number of Topliss-reactive ketones (excluding diaryl/α,β-unsaturated/α-hetero) is 1. The van der Waals surface area contributed by atoms with Crippen LogP contribution in [-0.4, -0.2) is 11.7 Å². The fourth-order valence-corrected chi connectivity index (χ4v) is 3.18. The molecule has 2 aromatic carbocycles. The number of hydrogen-bond acceptors (Lipinski definition) is 2. The number of hydrogen-bond donors (Lipinski definition) is 0. The molecule has 1 amide bonds. The van der Waals surface area contributed by atoms with Gasteiger partial charge in [0.1, 0.15) is 0 Å². The Kier molecular flexibility index (Phi) is 3.41. The molecule has 0 unspecified atom stereocenters. The molecule has 0 N–H and O–H groups in total. The molecule has 1 aliphatic rings. The van der Waals surface area contributed by atoms with Crippen LogP contribution < -0.4 is 4.90 Å². The summed E-state index contributed by atoms with van der Waals surface area (Å²) in [6.07, 6.45) is 0. The number of carbonyl (C=O) groups excluding carboxylic acids is 2. The first-order valence-corrected chi connectivity index (χ1v) is 7.49. The molecule has 0 aromatic heterocycles. The van der Waals surface area contributed by atoms with Crippen LogP contribution in [-0.2, 0) is 11.3 Å². The van der Waals surface area contributed by atoms with Crippen LogP contribution in [0.4, 0.5) is 5.69 Å². The Hall–Kier alpha value is -1.94. The number of nitrogens with zero attached hydrogens (tertiary/aromatic N) is 1. The van der Waals surface area contributed by atoms with Crippen molar-refractivity contribution < 1.29 is 9.59 Å². The fourth-order valence-electron chi connectivity index (χ4n) is 2.60. The fraction of sp³-hybridized carbons (Fsp3) is 0.176. The number of rotatable bonds is 2. The molecule has 21 heavy (non-hydrogen) atoms. The molecule has 0 aliphatic carbocycles. The first kappa shape index (κ1) is 14.0. The van der Waals surface area contributed by atoms with E-state index in [0.717, 1.165) is 21.2 Å². The summed E-state index contributed by atoms with van der Waals surface area (Å²) in [4.78, 5) is 25.9. The van der Waals surface area contributed by atoms with E-state index in [2.05, 4.69) is 22.0 Å². The van der Waals surface area contributed by atoms with Gasteiger partial charge in [-0.05, 0) is 53.0 Å². The molecule has 2 aromatic rings. The van der Waals surface area contributed by atoms with Crippen molar-refractivity contribution in [2.75, 3.05) is 4.90 Å². The first-order valence-electron chi connectivity index (χ1n) is 6.70. The Balaban J connectivity index is 2.06. The summed E-state index contributed by atoms with van der Waals surface area (Å²) >= 11 is 3.44. The molecule has 0 saturated heterocycles. The number of halogens is 1. The summed E-state index contributed by atoms with van der Waals surface area (Å²) in [5.74, 6) is -0.894. The molecular formula is C17H14BrNO2. The molecule has 1 heterocycles. The molecule has 0 saturated carbocycles. The Morgan fingerprint density at radius 3 is 2.62 bits per heavy atom. The van der Waals surface area contributed by atoms with Gasteiger partial charge in [0.2, 0.25) is 0 Å². The molecule has 0 atom stereocenters. The predicted molar refractivity (Wildman–Crippen MR) is 85.6 cm³/mol. The van der Waals surface area contributed by atoms with Crippen LogP contribution in [0.5, 0.6) is 0 Å². The number of carbonyl (C=O) groups is 2. The summed E-state index contributed by atoms with van der Waals surface area (Å²) in [6.45, 7) is 4.44. The number of benzene rings is 2. The van der Waals surface area contributed by atoms with E-state index >= 15 is 0 Å². The Labute approximate surface area is 131 Å². The van der Waals surface area contributed by atoms with Crippen LogP contribution in [0, 0.1) is 13.8 Å². The van der Waals surface area contributed by atoms with Gasteiger partial charge in [-0.3, -0.25) is 14.5 Å². The highest BCUT2D eigenvalue weighted by atomic mass is 79.9. The van der Waals surface area contributed by atoms with Crippen molar-refractivity contribution in [1.82, 2.24) is 0 Å². The maximum atomic E-state index is 12.3. The number of para-hydroxylation sites is 1. The normalized spacial score (nSPS) is 13.8. The van der Waals surface area contributed by atoms with Crippen LogP contribution in [0.25, 0.3) is 0 Å². The summed E-state index contributed by atoms with van der Waals surface area (Å²) in [5.41, 5.74) is 4.45. The quantitative estimate of drug-likeness (QED) is 0.778. The maximum absolute atomic E-state index is 12.3. The van der Waals surface area contributed by atoms with Crippen molar-refractivity contribution in [3.05, 3.63) is 63.1 Å². The topological polar surface area (TPSA) is 37.4 Å². The number of amides is 1. The Bertz CT molecular complexity index is 767. The average molecular weight is 344 g/mol. The molecule has 1 aliphatic heterocycles. The highest BCUT2D eigenvalue weighted by Crippen LogP contribution is 2.37. The summed E-state index contributed by atoms with van der Waals surface area (Å²) in [7, 11) is 0. The third-order valence-electron chi connectivity index (χ3n) is 3.77. The zero-order valence-electron chi connectivity index (χ0n) is 11.8. The molecule has 0 bridgehead atoms. The molecule has 4 heteroatoms. The van der Waals surface area contributed by atoms with Crippen LogP contribution in [0.3, 0.4) is 0 Å². The van der Waals surface area contributed by atoms with E-state index in [1.807, 2.05) is 32.0 Å². The van der Waals surface area contributed by atoms with Gasteiger partial charge in [-0.1, -0.05) is 29.8 Å². The van der Waals surface area contributed by atoms with E-state index in [1.54, 1.807) is 17.0 Å². The number of anilines is 1. The van der Waals surface area contributed by atoms with Crippen molar-refractivity contribution in [3.8, 4) is 0 Å². The standard InChI is InChI=1S/C17H14BrNO2/c1-10-6-7-11(2)12(8-10)9-19-15-13(16(20)17(19)21)4-3-5-14(15)18/h3-8H,9H2,1-2H3. The highest BCUT2D eigenvalue weighted by molar-refractivity contribution is 9.10. The van der Waals surface area contributed by atoms with Crippen LogP contribution in [0.1, 0.15) is 27.0 Å². The summed E-state index contributed by atoms with van der Waals surface area (Å²) < 4.78 is 0.768. The Morgan fingerprint density at radius 1 is 1.10 bits per heavy atom. The van der Waals surface area contributed by atoms with Gasteiger partial charge >= 0.3 is 0 Å². The SMILES string of the molecule is Cc1ccc(C)c(CN2C(=O)C(=O)c3cccc(Br)c32)c1. The molecule has 0 radical (unpaired) electrons. The predicted octanol–water partition coefficient (Wildman–Crippen LogP) is 3.80. The largest absolute Gasteiger partial charge is 0.299 e. The smallest absolute Gasteiger partial charge is 0.299 e. The second-order valence-electron chi connectivity index (χ2n) is 5.29. The third-order valence-corrected chi connectivity index (χ3v) is 4.41. The van der Waals surface area contributed by atoms with E-state index in [-0.39, 0.29) is 0 Å². The lowest BCUT2D eigenvalue weighted by Gasteiger charge is -2.19. The zero-order valence-corrected chi connectivity index (χ0v) is 13.4. The summed E-state index contributed by atoms with van der Waals surface area (Å²) in [5, 5.41) is 0. The van der Waals surface area contributed by atoms with E-state index in [0.29, 0.717) is 17.8 Å². The number of ketones is 1. The molecular weight excluding hydrogens is 330 g/mol. The summed E-state index contributed by atoms with van der Waals surface area (Å²) in [6, 6.07) is 11.5. The minimum absolute atomic E-state index is 0.410. The van der Waals surface area contributed by atoms with Gasteiger partial charge in [0, 0.05) is 4.47 Å². The second kappa shape index (κ2) is 5.11. The average Bonchev–Trinajstić information content (AvgIpc) is 2.69. The van der Waals surface area contributed by atoms with Gasteiger partial charge in [0.05, 0.1) is 17.8 Å². The van der Waals surface area contributed by atoms with Gasteiger partial charge in [0.15, 0.2) is 0 Å². The van der Waals surface area contributed by atoms with Crippen molar-refractivity contribution in [2.24, 2.45) is 0 Å². The van der Waals surface area contributed by atoms with Crippen LogP contribution >= 0.6 is 15.9 Å². The molecule has 0 spiro atoms.